The number of aryl methyl sites for hydroxylation is 2. The van der Waals surface area contributed by atoms with Crippen molar-refractivity contribution in [3.05, 3.63) is 59.2 Å². The normalized spacial score (nSPS) is 14.8. The average molecular weight is 236 g/mol. The van der Waals surface area contributed by atoms with Crippen LogP contribution in [0.2, 0.25) is 0 Å². The zero-order valence-corrected chi connectivity index (χ0v) is 11.2. The molecule has 0 aromatic heterocycles. The van der Waals surface area contributed by atoms with Gasteiger partial charge in [0.05, 0.1) is 0 Å². The summed E-state index contributed by atoms with van der Waals surface area (Å²) >= 11 is 0. The third-order valence-corrected chi connectivity index (χ3v) is 4.30. The number of rotatable bonds is 3. The molecule has 18 heavy (non-hydrogen) atoms. The van der Waals surface area contributed by atoms with Gasteiger partial charge in [0, 0.05) is 0 Å². The lowest BCUT2D eigenvalue weighted by Crippen LogP contribution is -2.07. The van der Waals surface area contributed by atoms with Crippen molar-refractivity contribution in [1.29, 1.82) is 0 Å². The predicted molar refractivity (Wildman–Crippen MR) is 78.0 cm³/mol. The van der Waals surface area contributed by atoms with Gasteiger partial charge in [-0.1, -0.05) is 56.3 Å². The first-order chi connectivity index (χ1) is 8.78. The van der Waals surface area contributed by atoms with Gasteiger partial charge in [-0.2, -0.15) is 0 Å². The maximum Gasteiger partial charge on any atom is -0.0181 e. The van der Waals surface area contributed by atoms with Gasteiger partial charge in [0.15, 0.2) is 0 Å². The Balaban J connectivity index is 1.90. The molecule has 1 atom stereocenters. The SMILES string of the molecule is CCC(C)c1ccc(-c2ccc3c(c2)CC3)cc1. The van der Waals surface area contributed by atoms with Gasteiger partial charge in [-0.05, 0) is 53.0 Å². The van der Waals surface area contributed by atoms with Gasteiger partial charge in [0.1, 0.15) is 0 Å². The van der Waals surface area contributed by atoms with Crippen LogP contribution in [0.3, 0.4) is 0 Å². The Labute approximate surface area is 110 Å². The summed E-state index contributed by atoms with van der Waals surface area (Å²) in [4.78, 5) is 0. The summed E-state index contributed by atoms with van der Waals surface area (Å²) in [6.07, 6.45) is 3.73. The Morgan fingerprint density at radius 1 is 0.889 bits per heavy atom. The number of benzene rings is 2. The molecule has 0 bridgehead atoms. The van der Waals surface area contributed by atoms with Crippen LogP contribution in [0.1, 0.15) is 42.9 Å². The van der Waals surface area contributed by atoms with Gasteiger partial charge in [-0.25, -0.2) is 0 Å². The van der Waals surface area contributed by atoms with E-state index in [1.165, 1.54) is 41.5 Å². The molecule has 0 radical (unpaired) electrons. The van der Waals surface area contributed by atoms with Crippen molar-refractivity contribution in [2.24, 2.45) is 0 Å². The summed E-state index contributed by atoms with van der Waals surface area (Å²) in [5.41, 5.74) is 7.24. The second-order valence-electron chi connectivity index (χ2n) is 5.41. The Hall–Kier alpha value is -1.56. The molecular formula is C18H20. The summed E-state index contributed by atoms with van der Waals surface area (Å²) in [6, 6.07) is 16.0. The number of hydrogen-bond donors (Lipinski definition) is 0. The quantitative estimate of drug-likeness (QED) is 0.706. The van der Waals surface area contributed by atoms with Crippen LogP contribution in [0, 0.1) is 0 Å². The highest BCUT2D eigenvalue weighted by molar-refractivity contribution is 5.66. The molecule has 0 amide bonds. The van der Waals surface area contributed by atoms with Gasteiger partial charge in [-0.15, -0.1) is 0 Å². The first kappa shape index (κ1) is 11.5. The molecule has 1 aliphatic carbocycles. The van der Waals surface area contributed by atoms with Gasteiger partial charge in [-0.3, -0.25) is 0 Å². The molecule has 0 saturated heterocycles. The summed E-state index contributed by atoms with van der Waals surface area (Å²) in [5, 5.41) is 0. The summed E-state index contributed by atoms with van der Waals surface area (Å²) in [6.45, 7) is 4.54. The third-order valence-electron chi connectivity index (χ3n) is 4.30. The monoisotopic (exact) mass is 236 g/mol. The van der Waals surface area contributed by atoms with Gasteiger partial charge in [0.25, 0.3) is 0 Å². The summed E-state index contributed by atoms with van der Waals surface area (Å²) in [7, 11) is 0. The third kappa shape index (κ3) is 1.96. The van der Waals surface area contributed by atoms with E-state index in [-0.39, 0.29) is 0 Å². The molecule has 2 aromatic rings. The van der Waals surface area contributed by atoms with E-state index < -0.39 is 0 Å². The lowest BCUT2D eigenvalue weighted by molar-refractivity contribution is 0.734. The Morgan fingerprint density at radius 2 is 1.56 bits per heavy atom. The highest BCUT2D eigenvalue weighted by Gasteiger charge is 2.13. The maximum absolute atomic E-state index is 2.36. The van der Waals surface area contributed by atoms with Crippen molar-refractivity contribution in [3.8, 4) is 11.1 Å². The van der Waals surface area contributed by atoms with E-state index in [1.54, 1.807) is 5.56 Å². The molecule has 0 aliphatic heterocycles. The largest absolute Gasteiger partial charge is 0.0648 e. The molecule has 0 saturated carbocycles. The fourth-order valence-electron chi connectivity index (χ4n) is 2.61. The van der Waals surface area contributed by atoms with Crippen molar-refractivity contribution in [2.45, 2.75) is 39.0 Å². The van der Waals surface area contributed by atoms with Crippen LogP contribution < -0.4 is 0 Å². The van der Waals surface area contributed by atoms with Gasteiger partial charge in [0.2, 0.25) is 0 Å². The number of hydrogen-bond acceptors (Lipinski definition) is 0. The number of fused-ring (bicyclic) bond motifs is 1. The summed E-state index contributed by atoms with van der Waals surface area (Å²) in [5.74, 6) is 0.663. The lowest BCUT2D eigenvalue weighted by atomic mass is 9.86. The molecular weight excluding hydrogens is 216 g/mol. The molecule has 92 valence electrons. The maximum atomic E-state index is 2.36. The van der Waals surface area contributed by atoms with E-state index in [2.05, 4.69) is 56.3 Å². The Kier molecular flexibility index (Phi) is 2.95. The molecule has 1 aliphatic rings. The van der Waals surface area contributed by atoms with Crippen LogP contribution in [-0.4, -0.2) is 0 Å². The molecule has 0 fully saturated rings. The summed E-state index contributed by atoms with van der Waals surface area (Å²) < 4.78 is 0. The Bertz CT molecular complexity index is 549. The van der Waals surface area contributed by atoms with Crippen LogP contribution in [0.15, 0.2) is 42.5 Å². The molecule has 2 aromatic carbocycles. The zero-order valence-electron chi connectivity index (χ0n) is 11.2. The Morgan fingerprint density at radius 3 is 2.11 bits per heavy atom. The minimum Gasteiger partial charge on any atom is -0.0648 e. The van der Waals surface area contributed by atoms with E-state index in [0.29, 0.717) is 5.92 Å². The smallest absolute Gasteiger partial charge is 0.0181 e. The van der Waals surface area contributed by atoms with Crippen LogP contribution in [0.25, 0.3) is 11.1 Å². The fraction of sp³-hybridized carbons (Fsp3) is 0.333. The predicted octanol–water partition coefficient (Wildman–Crippen LogP) is 4.97. The second kappa shape index (κ2) is 4.61. The molecule has 0 spiro atoms. The van der Waals surface area contributed by atoms with Crippen molar-refractivity contribution in [3.63, 3.8) is 0 Å². The van der Waals surface area contributed by atoms with Crippen LogP contribution in [-0.2, 0) is 12.8 Å². The first-order valence-electron chi connectivity index (χ1n) is 7.00. The molecule has 0 heteroatoms. The molecule has 0 nitrogen and oxygen atoms in total. The topological polar surface area (TPSA) is 0 Å². The second-order valence-corrected chi connectivity index (χ2v) is 5.41. The van der Waals surface area contributed by atoms with Crippen molar-refractivity contribution in [2.75, 3.05) is 0 Å². The minimum absolute atomic E-state index is 0.663. The van der Waals surface area contributed by atoms with E-state index in [9.17, 15) is 0 Å². The standard InChI is InChI=1S/C18H20/c1-3-13(2)14-4-6-15(7-5-14)17-10-8-16-9-11-18(16)12-17/h4-8,10,12-13H,3,9,11H2,1-2H3. The van der Waals surface area contributed by atoms with Crippen LogP contribution >= 0.6 is 0 Å². The zero-order chi connectivity index (χ0) is 12.5. The van der Waals surface area contributed by atoms with Crippen LogP contribution in [0.4, 0.5) is 0 Å². The fourth-order valence-corrected chi connectivity index (χ4v) is 2.61. The molecule has 0 heterocycles. The van der Waals surface area contributed by atoms with E-state index >= 15 is 0 Å². The van der Waals surface area contributed by atoms with E-state index in [1.807, 2.05) is 0 Å². The van der Waals surface area contributed by atoms with Crippen molar-refractivity contribution < 1.29 is 0 Å². The molecule has 0 N–H and O–H groups in total. The van der Waals surface area contributed by atoms with Gasteiger partial charge >= 0.3 is 0 Å². The van der Waals surface area contributed by atoms with Crippen LogP contribution in [0.5, 0.6) is 0 Å². The van der Waals surface area contributed by atoms with Crippen molar-refractivity contribution >= 4 is 0 Å². The lowest BCUT2D eigenvalue weighted by Gasteiger charge is -2.19. The molecule has 3 rings (SSSR count). The minimum atomic E-state index is 0.663. The molecule has 1 unspecified atom stereocenters. The van der Waals surface area contributed by atoms with Crippen molar-refractivity contribution in [1.82, 2.24) is 0 Å². The van der Waals surface area contributed by atoms with E-state index in [4.69, 9.17) is 0 Å². The highest BCUT2D eigenvalue weighted by atomic mass is 14.2. The average Bonchev–Trinajstić information content (AvgIpc) is 2.40. The van der Waals surface area contributed by atoms with E-state index in [0.717, 1.165) is 0 Å². The highest BCUT2D eigenvalue weighted by Crippen LogP contribution is 2.30. The van der Waals surface area contributed by atoms with Gasteiger partial charge < -0.3 is 0 Å². The first-order valence-corrected chi connectivity index (χ1v) is 7.00.